The topological polar surface area (TPSA) is 66.4 Å². The molecule has 1 aliphatic rings. The number of rotatable bonds is 4. The Labute approximate surface area is 99.6 Å². The van der Waals surface area contributed by atoms with Crippen LogP contribution >= 0.6 is 0 Å². The van der Waals surface area contributed by atoms with Gasteiger partial charge in [-0.2, -0.15) is 0 Å². The van der Waals surface area contributed by atoms with Crippen LogP contribution in [-0.2, 0) is 17.6 Å². The molecule has 0 unspecified atom stereocenters. The second kappa shape index (κ2) is 4.99. The fourth-order valence-corrected chi connectivity index (χ4v) is 2.21. The lowest BCUT2D eigenvalue weighted by Crippen LogP contribution is -2.26. The van der Waals surface area contributed by atoms with Gasteiger partial charge in [0.2, 0.25) is 0 Å². The van der Waals surface area contributed by atoms with E-state index < -0.39 is 5.97 Å². The largest absolute Gasteiger partial charge is 0.481 e. The van der Waals surface area contributed by atoms with Gasteiger partial charge in [-0.15, -0.1) is 0 Å². The highest BCUT2D eigenvalue weighted by Crippen LogP contribution is 2.24. The molecular formula is C13H15NO3. The maximum atomic E-state index is 11.9. The molecule has 0 fully saturated rings. The molecule has 0 saturated carbocycles. The van der Waals surface area contributed by atoms with Crippen LogP contribution in [0.15, 0.2) is 18.2 Å². The number of fused-ring (bicyclic) bond motifs is 1. The number of carboxylic acids is 1. The smallest absolute Gasteiger partial charge is 0.305 e. The highest BCUT2D eigenvalue weighted by molar-refractivity contribution is 5.96. The standard InChI is InChI=1S/C13H15NO3/c15-12(16)7-8-14-13(17)11-6-2-4-9-3-1-5-10(9)11/h2,4,6H,1,3,5,7-8H2,(H,14,17)(H,15,16). The van der Waals surface area contributed by atoms with Gasteiger partial charge in [0.05, 0.1) is 6.42 Å². The zero-order chi connectivity index (χ0) is 12.3. The predicted molar refractivity (Wildman–Crippen MR) is 63.1 cm³/mol. The number of aryl methyl sites for hydroxylation is 1. The number of carbonyl (C=O) groups excluding carboxylic acids is 1. The van der Waals surface area contributed by atoms with Gasteiger partial charge in [-0.1, -0.05) is 12.1 Å². The third-order valence-corrected chi connectivity index (χ3v) is 3.01. The first-order valence-corrected chi connectivity index (χ1v) is 5.79. The average molecular weight is 233 g/mol. The highest BCUT2D eigenvalue weighted by Gasteiger charge is 2.18. The molecule has 0 aliphatic heterocycles. The van der Waals surface area contributed by atoms with E-state index in [-0.39, 0.29) is 18.9 Å². The van der Waals surface area contributed by atoms with Crippen molar-refractivity contribution in [2.75, 3.05) is 6.54 Å². The molecule has 90 valence electrons. The summed E-state index contributed by atoms with van der Waals surface area (Å²) in [4.78, 5) is 22.2. The lowest BCUT2D eigenvalue weighted by atomic mass is 10.0. The summed E-state index contributed by atoms with van der Waals surface area (Å²) in [7, 11) is 0. The lowest BCUT2D eigenvalue weighted by molar-refractivity contribution is -0.136. The van der Waals surface area contributed by atoms with Crippen molar-refractivity contribution in [3.63, 3.8) is 0 Å². The number of amides is 1. The SMILES string of the molecule is O=C(O)CCNC(=O)c1cccc2c1CCC2. The fraction of sp³-hybridized carbons (Fsp3) is 0.385. The Balaban J connectivity index is 2.05. The third kappa shape index (κ3) is 2.64. The molecule has 1 amide bonds. The van der Waals surface area contributed by atoms with E-state index in [1.807, 2.05) is 6.07 Å². The highest BCUT2D eigenvalue weighted by atomic mass is 16.4. The van der Waals surface area contributed by atoms with Gasteiger partial charge in [0.15, 0.2) is 0 Å². The van der Waals surface area contributed by atoms with E-state index >= 15 is 0 Å². The Bertz CT molecular complexity index is 454. The minimum Gasteiger partial charge on any atom is -0.481 e. The van der Waals surface area contributed by atoms with Crippen molar-refractivity contribution in [3.05, 3.63) is 34.9 Å². The van der Waals surface area contributed by atoms with Gasteiger partial charge in [-0.3, -0.25) is 9.59 Å². The normalized spacial score (nSPS) is 13.2. The van der Waals surface area contributed by atoms with E-state index in [2.05, 4.69) is 11.4 Å². The molecule has 17 heavy (non-hydrogen) atoms. The van der Waals surface area contributed by atoms with Crippen molar-refractivity contribution in [3.8, 4) is 0 Å². The first-order valence-electron chi connectivity index (χ1n) is 5.79. The first kappa shape index (κ1) is 11.6. The summed E-state index contributed by atoms with van der Waals surface area (Å²) >= 11 is 0. The molecule has 0 spiro atoms. The monoisotopic (exact) mass is 233 g/mol. The van der Waals surface area contributed by atoms with E-state index in [0.717, 1.165) is 24.8 Å². The Hall–Kier alpha value is -1.84. The molecule has 0 saturated heterocycles. The first-order chi connectivity index (χ1) is 8.18. The predicted octanol–water partition coefficient (Wildman–Crippen LogP) is 1.38. The average Bonchev–Trinajstić information content (AvgIpc) is 2.75. The van der Waals surface area contributed by atoms with Gasteiger partial charge in [-0.25, -0.2) is 0 Å². The third-order valence-electron chi connectivity index (χ3n) is 3.01. The summed E-state index contributed by atoms with van der Waals surface area (Å²) in [6, 6.07) is 5.74. The molecule has 1 aromatic carbocycles. The van der Waals surface area contributed by atoms with Crippen molar-refractivity contribution < 1.29 is 14.7 Å². The van der Waals surface area contributed by atoms with Crippen molar-refractivity contribution in [2.24, 2.45) is 0 Å². The van der Waals surface area contributed by atoms with Crippen LogP contribution in [0, 0.1) is 0 Å². The van der Waals surface area contributed by atoms with Gasteiger partial charge < -0.3 is 10.4 Å². The van der Waals surface area contributed by atoms with Crippen molar-refractivity contribution in [1.82, 2.24) is 5.32 Å². The van der Waals surface area contributed by atoms with E-state index in [9.17, 15) is 9.59 Å². The number of carboxylic acid groups (broad SMARTS) is 1. The Kier molecular flexibility index (Phi) is 3.42. The molecule has 2 N–H and O–H groups in total. The van der Waals surface area contributed by atoms with Crippen LogP contribution in [-0.4, -0.2) is 23.5 Å². The molecule has 4 nitrogen and oxygen atoms in total. The Morgan fingerprint density at radius 2 is 2.12 bits per heavy atom. The molecule has 1 aromatic rings. The summed E-state index contributed by atoms with van der Waals surface area (Å²) in [5.74, 6) is -1.06. The Morgan fingerprint density at radius 1 is 1.29 bits per heavy atom. The Morgan fingerprint density at radius 3 is 2.88 bits per heavy atom. The minimum atomic E-state index is -0.899. The van der Waals surface area contributed by atoms with Gasteiger partial charge in [0.1, 0.15) is 0 Å². The number of hydrogen-bond donors (Lipinski definition) is 2. The molecular weight excluding hydrogens is 218 g/mol. The quantitative estimate of drug-likeness (QED) is 0.825. The van der Waals surface area contributed by atoms with Crippen LogP contribution < -0.4 is 5.32 Å². The number of aliphatic carboxylic acids is 1. The zero-order valence-electron chi connectivity index (χ0n) is 9.53. The maximum Gasteiger partial charge on any atom is 0.305 e. The molecule has 0 bridgehead atoms. The van der Waals surface area contributed by atoms with E-state index in [0.29, 0.717) is 5.56 Å². The van der Waals surface area contributed by atoms with Crippen molar-refractivity contribution in [2.45, 2.75) is 25.7 Å². The molecule has 4 heteroatoms. The van der Waals surface area contributed by atoms with E-state index in [4.69, 9.17) is 5.11 Å². The fourth-order valence-electron chi connectivity index (χ4n) is 2.21. The van der Waals surface area contributed by atoms with Crippen molar-refractivity contribution in [1.29, 1.82) is 0 Å². The number of carbonyl (C=O) groups is 2. The molecule has 2 rings (SSSR count). The van der Waals surface area contributed by atoms with Gasteiger partial charge in [-0.05, 0) is 36.5 Å². The number of hydrogen-bond acceptors (Lipinski definition) is 2. The summed E-state index contributed by atoms with van der Waals surface area (Å²) in [6.07, 6.45) is 3.03. The minimum absolute atomic E-state index is 0.0409. The number of nitrogens with one attached hydrogen (secondary N) is 1. The van der Waals surface area contributed by atoms with Crippen LogP contribution in [0.1, 0.15) is 34.3 Å². The van der Waals surface area contributed by atoms with Gasteiger partial charge >= 0.3 is 5.97 Å². The van der Waals surface area contributed by atoms with Crippen LogP contribution in [0.3, 0.4) is 0 Å². The van der Waals surface area contributed by atoms with Crippen LogP contribution in [0.25, 0.3) is 0 Å². The summed E-state index contributed by atoms with van der Waals surface area (Å²) in [5.41, 5.74) is 3.07. The van der Waals surface area contributed by atoms with E-state index in [1.165, 1.54) is 5.56 Å². The van der Waals surface area contributed by atoms with Crippen LogP contribution in [0.5, 0.6) is 0 Å². The van der Waals surface area contributed by atoms with Gasteiger partial charge in [0, 0.05) is 12.1 Å². The molecule has 1 aliphatic carbocycles. The van der Waals surface area contributed by atoms with Crippen LogP contribution in [0.4, 0.5) is 0 Å². The van der Waals surface area contributed by atoms with Gasteiger partial charge in [0.25, 0.3) is 5.91 Å². The van der Waals surface area contributed by atoms with E-state index in [1.54, 1.807) is 6.07 Å². The molecule has 0 aromatic heterocycles. The van der Waals surface area contributed by atoms with Crippen molar-refractivity contribution >= 4 is 11.9 Å². The molecule has 0 radical (unpaired) electrons. The molecule has 0 heterocycles. The molecule has 0 atom stereocenters. The summed E-state index contributed by atoms with van der Waals surface area (Å²) < 4.78 is 0. The second-order valence-electron chi connectivity index (χ2n) is 4.20. The lowest BCUT2D eigenvalue weighted by Gasteiger charge is -2.08. The second-order valence-corrected chi connectivity index (χ2v) is 4.20. The zero-order valence-corrected chi connectivity index (χ0v) is 9.53. The summed E-state index contributed by atoms with van der Waals surface area (Å²) in [6.45, 7) is 0.178. The maximum absolute atomic E-state index is 11.9. The van der Waals surface area contributed by atoms with Crippen LogP contribution in [0.2, 0.25) is 0 Å². The number of benzene rings is 1. The summed E-state index contributed by atoms with van der Waals surface area (Å²) in [5, 5.41) is 11.1.